The van der Waals surface area contributed by atoms with Crippen LogP contribution >= 0.6 is 0 Å². The lowest BCUT2D eigenvalue weighted by Crippen LogP contribution is -2.18. The minimum Gasteiger partial charge on any atom is -0.324 e. The second-order valence-electron chi connectivity index (χ2n) is 3.55. The molecule has 1 atom stereocenters. The molecule has 64 valence electrons. The van der Waals surface area contributed by atoms with Gasteiger partial charge in [-0.15, -0.1) is 0 Å². The molecule has 2 heteroatoms. The molecule has 0 bridgehead atoms. The van der Waals surface area contributed by atoms with Crippen molar-refractivity contribution < 1.29 is 0 Å². The van der Waals surface area contributed by atoms with Crippen LogP contribution in [0.3, 0.4) is 0 Å². The Hall–Kier alpha value is -0.890. The highest BCUT2D eigenvalue weighted by Gasteiger charge is 2.17. The minimum atomic E-state index is 0.223. The van der Waals surface area contributed by atoms with Gasteiger partial charge in [-0.25, -0.2) is 0 Å². The summed E-state index contributed by atoms with van der Waals surface area (Å²) in [5.74, 6) is 0. The Bertz CT molecular complexity index is 294. The Morgan fingerprint density at radius 1 is 1.58 bits per heavy atom. The maximum atomic E-state index is 5.98. The van der Waals surface area contributed by atoms with Gasteiger partial charge < -0.3 is 5.73 Å². The third kappa shape index (κ3) is 1.23. The molecule has 2 rings (SSSR count). The monoisotopic (exact) mass is 162 g/mol. The molecule has 2 N–H and O–H groups in total. The van der Waals surface area contributed by atoms with Gasteiger partial charge in [0.25, 0.3) is 0 Å². The van der Waals surface area contributed by atoms with E-state index in [2.05, 4.69) is 18.0 Å². The van der Waals surface area contributed by atoms with E-state index in [1.165, 1.54) is 23.2 Å². The quantitative estimate of drug-likeness (QED) is 0.631. The van der Waals surface area contributed by atoms with Crippen molar-refractivity contribution in [3.63, 3.8) is 0 Å². The maximum absolute atomic E-state index is 5.98. The molecule has 0 radical (unpaired) electrons. The van der Waals surface area contributed by atoms with Crippen LogP contribution < -0.4 is 5.73 Å². The summed E-state index contributed by atoms with van der Waals surface area (Å²) in [6, 6.07) is 2.40. The van der Waals surface area contributed by atoms with E-state index in [0.29, 0.717) is 0 Å². The predicted molar refractivity (Wildman–Crippen MR) is 48.8 cm³/mol. The molecule has 12 heavy (non-hydrogen) atoms. The van der Waals surface area contributed by atoms with Gasteiger partial charge in [0.2, 0.25) is 0 Å². The molecular formula is C10H14N2. The van der Waals surface area contributed by atoms with Crippen molar-refractivity contribution in [1.82, 2.24) is 4.98 Å². The van der Waals surface area contributed by atoms with Crippen molar-refractivity contribution in [1.29, 1.82) is 0 Å². The number of rotatable bonds is 0. The number of hydrogen-bond acceptors (Lipinski definition) is 2. The molecule has 1 aliphatic carbocycles. The van der Waals surface area contributed by atoms with E-state index in [-0.39, 0.29) is 6.04 Å². The first-order valence-corrected chi connectivity index (χ1v) is 4.48. The summed E-state index contributed by atoms with van der Waals surface area (Å²) in [6.07, 6.45) is 5.32. The van der Waals surface area contributed by atoms with Crippen LogP contribution in [0.5, 0.6) is 0 Å². The van der Waals surface area contributed by atoms with Crippen molar-refractivity contribution >= 4 is 0 Å². The summed E-state index contributed by atoms with van der Waals surface area (Å²) in [4.78, 5) is 4.39. The van der Waals surface area contributed by atoms with E-state index in [1.54, 1.807) is 0 Å². The molecule has 1 aromatic rings. The second kappa shape index (κ2) is 2.87. The van der Waals surface area contributed by atoms with Crippen LogP contribution in [0.4, 0.5) is 0 Å². The van der Waals surface area contributed by atoms with Crippen molar-refractivity contribution in [2.24, 2.45) is 5.73 Å². The van der Waals surface area contributed by atoms with Gasteiger partial charge in [0.05, 0.1) is 0 Å². The molecule has 0 amide bonds. The van der Waals surface area contributed by atoms with Gasteiger partial charge in [0.15, 0.2) is 0 Å². The molecule has 1 heterocycles. The van der Waals surface area contributed by atoms with Gasteiger partial charge in [0, 0.05) is 17.9 Å². The summed E-state index contributed by atoms with van der Waals surface area (Å²) >= 11 is 0. The molecule has 0 saturated heterocycles. The fourth-order valence-corrected chi connectivity index (χ4v) is 1.79. The van der Waals surface area contributed by atoms with Crippen molar-refractivity contribution in [2.45, 2.75) is 32.2 Å². The third-order valence-electron chi connectivity index (χ3n) is 2.47. The summed E-state index contributed by atoms with van der Waals surface area (Å²) in [6.45, 7) is 2.06. The molecule has 1 unspecified atom stereocenters. The molecular weight excluding hydrogens is 148 g/mol. The first-order chi connectivity index (χ1) is 5.77. The average molecular weight is 162 g/mol. The van der Waals surface area contributed by atoms with Gasteiger partial charge >= 0.3 is 0 Å². The highest BCUT2D eigenvalue weighted by molar-refractivity contribution is 5.29. The zero-order valence-corrected chi connectivity index (χ0v) is 7.38. The normalized spacial score (nSPS) is 22.0. The number of pyridine rings is 1. The Balaban J connectivity index is 2.47. The number of nitrogens with zero attached hydrogens (tertiary/aromatic N) is 1. The smallest absolute Gasteiger partial charge is 0.0451 e. The van der Waals surface area contributed by atoms with Crippen molar-refractivity contribution in [2.75, 3.05) is 0 Å². The van der Waals surface area contributed by atoms with E-state index < -0.39 is 0 Å². The van der Waals surface area contributed by atoms with Gasteiger partial charge in [0.1, 0.15) is 0 Å². The van der Waals surface area contributed by atoms with E-state index >= 15 is 0 Å². The number of fused-ring (bicyclic) bond motifs is 1. The van der Waals surface area contributed by atoms with E-state index in [0.717, 1.165) is 12.8 Å². The summed E-state index contributed by atoms with van der Waals surface area (Å²) < 4.78 is 0. The molecule has 0 fully saturated rings. The number of nitrogens with two attached hydrogens (primary N) is 1. The van der Waals surface area contributed by atoms with Crippen LogP contribution in [-0.2, 0) is 6.42 Å². The predicted octanol–water partition coefficient (Wildman–Crippen LogP) is 1.73. The lowest BCUT2D eigenvalue weighted by molar-refractivity contribution is 0.559. The van der Waals surface area contributed by atoms with Gasteiger partial charge in [-0.1, -0.05) is 6.07 Å². The maximum Gasteiger partial charge on any atom is 0.0451 e. The van der Waals surface area contributed by atoms with Crippen molar-refractivity contribution in [3.8, 4) is 0 Å². The Labute approximate surface area is 72.8 Å². The lowest BCUT2D eigenvalue weighted by atomic mass is 9.91. The number of aromatic nitrogens is 1. The molecule has 1 aliphatic rings. The molecule has 0 aromatic carbocycles. The SMILES string of the molecule is Cc1cnc2c(c1)C(N)CCC2. The Morgan fingerprint density at radius 2 is 2.42 bits per heavy atom. The molecule has 1 aromatic heterocycles. The average Bonchev–Trinajstić information content (AvgIpc) is 2.07. The topological polar surface area (TPSA) is 38.9 Å². The number of aryl methyl sites for hydroxylation is 2. The number of hydrogen-bond donors (Lipinski definition) is 1. The van der Waals surface area contributed by atoms with Crippen LogP contribution in [0, 0.1) is 6.92 Å². The molecule has 0 spiro atoms. The molecule has 0 aliphatic heterocycles. The van der Waals surface area contributed by atoms with Crippen LogP contribution in [0.15, 0.2) is 12.3 Å². The van der Waals surface area contributed by atoms with Gasteiger partial charge in [-0.05, 0) is 37.3 Å². The van der Waals surface area contributed by atoms with Crippen molar-refractivity contribution in [3.05, 3.63) is 29.1 Å². The van der Waals surface area contributed by atoms with Gasteiger partial charge in [-0.2, -0.15) is 0 Å². The van der Waals surface area contributed by atoms with Crippen LogP contribution in [0.1, 0.15) is 35.7 Å². The van der Waals surface area contributed by atoms with E-state index in [4.69, 9.17) is 5.73 Å². The van der Waals surface area contributed by atoms with Crippen LogP contribution in [-0.4, -0.2) is 4.98 Å². The van der Waals surface area contributed by atoms with Crippen LogP contribution in [0.25, 0.3) is 0 Å². The summed E-state index contributed by atoms with van der Waals surface area (Å²) in [5.41, 5.74) is 9.66. The highest BCUT2D eigenvalue weighted by atomic mass is 14.7. The van der Waals surface area contributed by atoms with Crippen LogP contribution in [0.2, 0.25) is 0 Å². The standard InChI is InChI=1S/C10H14N2/c1-7-5-8-9(11)3-2-4-10(8)12-6-7/h5-6,9H,2-4,11H2,1H3. The fraction of sp³-hybridized carbons (Fsp3) is 0.500. The second-order valence-corrected chi connectivity index (χ2v) is 3.55. The lowest BCUT2D eigenvalue weighted by Gasteiger charge is -2.21. The Morgan fingerprint density at radius 3 is 3.25 bits per heavy atom. The first-order valence-electron chi connectivity index (χ1n) is 4.48. The van der Waals surface area contributed by atoms with E-state index in [9.17, 15) is 0 Å². The largest absolute Gasteiger partial charge is 0.324 e. The highest BCUT2D eigenvalue weighted by Crippen LogP contribution is 2.26. The fourth-order valence-electron chi connectivity index (χ4n) is 1.79. The van der Waals surface area contributed by atoms with E-state index in [1.807, 2.05) is 6.20 Å². The first kappa shape index (κ1) is 7.74. The third-order valence-corrected chi connectivity index (χ3v) is 2.47. The summed E-state index contributed by atoms with van der Waals surface area (Å²) in [5, 5.41) is 0. The van der Waals surface area contributed by atoms with Gasteiger partial charge in [-0.3, -0.25) is 4.98 Å². The minimum absolute atomic E-state index is 0.223. The zero-order chi connectivity index (χ0) is 8.55. The Kier molecular flexibility index (Phi) is 1.85. The molecule has 0 saturated carbocycles. The summed E-state index contributed by atoms with van der Waals surface area (Å²) in [7, 11) is 0. The molecule has 2 nitrogen and oxygen atoms in total. The zero-order valence-electron chi connectivity index (χ0n) is 7.38.